The summed E-state index contributed by atoms with van der Waals surface area (Å²) in [5.74, 6) is -2.78. The topological polar surface area (TPSA) is 151 Å². The molecule has 4 unspecified atom stereocenters. The van der Waals surface area contributed by atoms with Crippen LogP contribution in [0.15, 0.2) is 0 Å². The first kappa shape index (κ1) is 23.8. The van der Waals surface area contributed by atoms with Gasteiger partial charge in [0.2, 0.25) is 17.7 Å². The maximum atomic E-state index is 12.6. The summed E-state index contributed by atoms with van der Waals surface area (Å²) >= 11 is 0. The van der Waals surface area contributed by atoms with Crippen molar-refractivity contribution in [2.45, 2.75) is 65.6 Å². The van der Waals surface area contributed by atoms with Gasteiger partial charge < -0.3 is 26.8 Å². The van der Waals surface area contributed by atoms with Crippen LogP contribution in [0, 0.1) is 11.8 Å². The average Bonchev–Trinajstić information content (AvgIpc) is 2.55. The maximum Gasteiger partial charge on any atom is 0.322 e. The molecule has 4 atom stereocenters. The van der Waals surface area contributed by atoms with E-state index in [4.69, 9.17) is 10.8 Å². The van der Waals surface area contributed by atoms with Crippen LogP contribution in [0.4, 0.5) is 0 Å². The molecule has 0 aliphatic rings. The molecule has 0 aliphatic heterocycles. The molecule has 0 fully saturated rings. The summed E-state index contributed by atoms with van der Waals surface area (Å²) in [6.07, 6.45) is 0.987. The second-order valence-corrected chi connectivity index (χ2v) is 6.96. The van der Waals surface area contributed by atoms with E-state index in [0.29, 0.717) is 12.8 Å². The van der Waals surface area contributed by atoms with Gasteiger partial charge in [-0.2, -0.15) is 0 Å². The molecule has 0 saturated carbocycles. The summed E-state index contributed by atoms with van der Waals surface area (Å²) < 4.78 is 0. The third-order valence-electron chi connectivity index (χ3n) is 3.96. The van der Waals surface area contributed by atoms with E-state index >= 15 is 0 Å². The molecular formula is C17H32N4O5. The standard InChI is InChI=1S/C17H32N4O5/c1-6-10(4)14(17(26)19-8-13(22)23)21-16(25)12(7-9(2)3)20-15(24)11(5)18/h9-12,14H,6-8,18H2,1-5H3,(H,19,26)(H,20,24)(H,21,25)(H,22,23). The molecule has 0 aromatic carbocycles. The van der Waals surface area contributed by atoms with Gasteiger partial charge in [0, 0.05) is 0 Å². The van der Waals surface area contributed by atoms with Gasteiger partial charge in [0.05, 0.1) is 6.04 Å². The van der Waals surface area contributed by atoms with Gasteiger partial charge in [-0.25, -0.2) is 0 Å². The molecule has 0 saturated heterocycles. The summed E-state index contributed by atoms with van der Waals surface area (Å²) in [5.41, 5.74) is 5.54. The molecule has 0 rings (SSSR count). The predicted molar refractivity (Wildman–Crippen MR) is 97.1 cm³/mol. The monoisotopic (exact) mass is 372 g/mol. The average molecular weight is 372 g/mol. The molecule has 6 N–H and O–H groups in total. The predicted octanol–water partition coefficient (Wildman–Crippen LogP) is -0.404. The largest absolute Gasteiger partial charge is 0.480 e. The number of amides is 3. The third kappa shape index (κ3) is 8.80. The summed E-state index contributed by atoms with van der Waals surface area (Å²) in [7, 11) is 0. The number of nitrogens with one attached hydrogen (secondary N) is 3. The molecule has 26 heavy (non-hydrogen) atoms. The van der Waals surface area contributed by atoms with Crippen LogP contribution in [0.3, 0.4) is 0 Å². The van der Waals surface area contributed by atoms with Gasteiger partial charge >= 0.3 is 5.97 Å². The van der Waals surface area contributed by atoms with E-state index < -0.39 is 48.4 Å². The van der Waals surface area contributed by atoms with Crippen molar-refractivity contribution in [3.05, 3.63) is 0 Å². The van der Waals surface area contributed by atoms with Gasteiger partial charge in [0.1, 0.15) is 18.6 Å². The summed E-state index contributed by atoms with van der Waals surface area (Å²) in [5, 5.41) is 16.2. The maximum absolute atomic E-state index is 12.6. The number of aliphatic carboxylic acids is 1. The van der Waals surface area contributed by atoms with Crippen molar-refractivity contribution in [3.63, 3.8) is 0 Å². The van der Waals surface area contributed by atoms with Crippen LogP contribution in [0.1, 0.15) is 47.5 Å². The van der Waals surface area contributed by atoms with E-state index in [2.05, 4.69) is 16.0 Å². The first-order valence-electron chi connectivity index (χ1n) is 8.85. The normalized spacial score (nSPS) is 15.5. The molecule has 0 heterocycles. The number of nitrogens with two attached hydrogens (primary N) is 1. The van der Waals surface area contributed by atoms with Crippen LogP contribution in [-0.4, -0.2) is 53.5 Å². The third-order valence-corrected chi connectivity index (χ3v) is 3.96. The fourth-order valence-electron chi connectivity index (χ4n) is 2.23. The Balaban J connectivity index is 5.21. The van der Waals surface area contributed by atoms with Crippen molar-refractivity contribution in [2.24, 2.45) is 17.6 Å². The highest BCUT2D eigenvalue weighted by atomic mass is 16.4. The van der Waals surface area contributed by atoms with Crippen LogP contribution in [0.25, 0.3) is 0 Å². The minimum Gasteiger partial charge on any atom is -0.480 e. The Bertz CT molecular complexity index is 507. The molecule has 0 radical (unpaired) electrons. The number of hydrogen-bond acceptors (Lipinski definition) is 5. The Labute approximate surface area is 154 Å². The summed E-state index contributed by atoms with van der Waals surface area (Å²) in [4.78, 5) is 47.4. The van der Waals surface area contributed by atoms with Crippen molar-refractivity contribution >= 4 is 23.7 Å². The number of rotatable bonds is 11. The molecule has 3 amide bonds. The number of carboxylic acids is 1. The first-order chi connectivity index (χ1) is 12.0. The number of carbonyl (C=O) groups is 4. The molecule has 9 nitrogen and oxygen atoms in total. The summed E-state index contributed by atoms with van der Waals surface area (Å²) in [6, 6.07) is -2.48. The van der Waals surface area contributed by atoms with E-state index in [9.17, 15) is 19.2 Å². The van der Waals surface area contributed by atoms with Crippen LogP contribution in [0.2, 0.25) is 0 Å². The smallest absolute Gasteiger partial charge is 0.322 e. The lowest BCUT2D eigenvalue weighted by Crippen LogP contribution is -2.57. The minimum atomic E-state index is -1.17. The van der Waals surface area contributed by atoms with Gasteiger partial charge in [-0.05, 0) is 25.2 Å². The molecule has 0 aromatic rings. The Morgan fingerprint density at radius 1 is 0.962 bits per heavy atom. The second kappa shape index (κ2) is 11.5. The summed E-state index contributed by atoms with van der Waals surface area (Å²) in [6.45, 7) is 8.44. The fourth-order valence-corrected chi connectivity index (χ4v) is 2.23. The SMILES string of the molecule is CCC(C)C(NC(=O)C(CC(C)C)NC(=O)C(C)N)C(=O)NCC(=O)O. The van der Waals surface area contributed by atoms with Gasteiger partial charge in [0.25, 0.3) is 0 Å². The quantitative estimate of drug-likeness (QED) is 0.333. The van der Waals surface area contributed by atoms with E-state index in [-0.39, 0.29) is 11.8 Å². The van der Waals surface area contributed by atoms with Crippen LogP contribution < -0.4 is 21.7 Å². The lowest BCUT2D eigenvalue weighted by Gasteiger charge is -2.27. The number of carboxylic acid groups (broad SMARTS) is 1. The first-order valence-corrected chi connectivity index (χ1v) is 8.85. The molecule has 9 heteroatoms. The number of carbonyl (C=O) groups excluding carboxylic acids is 3. The van der Waals surface area contributed by atoms with Crippen molar-refractivity contribution in [1.29, 1.82) is 0 Å². The van der Waals surface area contributed by atoms with E-state index in [1.807, 2.05) is 20.8 Å². The van der Waals surface area contributed by atoms with Gasteiger partial charge in [-0.3, -0.25) is 19.2 Å². The van der Waals surface area contributed by atoms with Crippen LogP contribution >= 0.6 is 0 Å². The van der Waals surface area contributed by atoms with Crippen LogP contribution in [0.5, 0.6) is 0 Å². The second-order valence-electron chi connectivity index (χ2n) is 6.96. The molecular weight excluding hydrogens is 340 g/mol. The lowest BCUT2D eigenvalue weighted by atomic mass is 9.96. The highest BCUT2D eigenvalue weighted by Gasteiger charge is 2.30. The van der Waals surface area contributed by atoms with Crippen molar-refractivity contribution in [2.75, 3.05) is 6.54 Å². The van der Waals surface area contributed by atoms with Crippen LogP contribution in [-0.2, 0) is 19.2 Å². The highest BCUT2D eigenvalue weighted by molar-refractivity contribution is 5.93. The zero-order chi connectivity index (χ0) is 20.4. The Kier molecular flexibility index (Phi) is 10.5. The molecule has 0 bridgehead atoms. The Morgan fingerprint density at radius 2 is 1.54 bits per heavy atom. The zero-order valence-corrected chi connectivity index (χ0v) is 16.2. The fraction of sp³-hybridized carbons (Fsp3) is 0.765. The van der Waals surface area contributed by atoms with Crippen molar-refractivity contribution < 1.29 is 24.3 Å². The van der Waals surface area contributed by atoms with E-state index in [0.717, 1.165) is 0 Å². The zero-order valence-electron chi connectivity index (χ0n) is 16.2. The molecule has 0 spiro atoms. The van der Waals surface area contributed by atoms with E-state index in [1.165, 1.54) is 6.92 Å². The van der Waals surface area contributed by atoms with Gasteiger partial charge in [-0.15, -0.1) is 0 Å². The van der Waals surface area contributed by atoms with Gasteiger partial charge in [-0.1, -0.05) is 34.1 Å². The van der Waals surface area contributed by atoms with Gasteiger partial charge in [0.15, 0.2) is 0 Å². The Hall–Kier alpha value is -2.16. The van der Waals surface area contributed by atoms with Crippen molar-refractivity contribution in [3.8, 4) is 0 Å². The molecule has 0 aliphatic carbocycles. The Morgan fingerprint density at radius 3 is 1.96 bits per heavy atom. The minimum absolute atomic E-state index is 0.127. The highest BCUT2D eigenvalue weighted by Crippen LogP contribution is 2.11. The molecule has 150 valence electrons. The molecule has 0 aromatic heterocycles. The lowest BCUT2D eigenvalue weighted by molar-refractivity contribution is -0.139. The van der Waals surface area contributed by atoms with E-state index in [1.54, 1.807) is 6.92 Å². The number of hydrogen-bond donors (Lipinski definition) is 5. The van der Waals surface area contributed by atoms with Crippen molar-refractivity contribution in [1.82, 2.24) is 16.0 Å².